The van der Waals surface area contributed by atoms with Crippen LogP contribution in [0.25, 0.3) is 0 Å². The molecule has 1 heterocycles. The van der Waals surface area contributed by atoms with Crippen LogP contribution < -0.4 is 5.32 Å². The number of nitrogens with one attached hydrogen (secondary N) is 1. The summed E-state index contributed by atoms with van der Waals surface area (Å²) in [6.07, 6.45) is -0.924. The molecule has 2 atom stereocenters. The molecular weight excluding hydrogens is 308 g/mol. The number of alkyl carbamates (subject to hydrolysis) is 1. The van der Waals surface area contributed by atoms with Crippen molar-refractivity contribution in [3.05, 3.63) is 0 Å². The van der Waals surface area contributed by atoms with Crippen LogP contribution in [0.15, 0.2) is 4.40 Å². The lowest BCUT2D eigenvalue weighted by Crippen LogP contribution is -2.24. The highest BCUT2D eigenvalue weighted by Gasteiger charge is 2.33. The fraction of sp³-hybridized carbons (Fsp3) is 0.800. The van der Waals surface area contributed by atoms with Crippen LogP contribution in [0.2, 0.25) is 0 Å². The highest BCUT2D eigenvalue weighted by molar-refractivity contribution is 7.98. The van der Waals surface area contributed by atoms with E-state index in [0.29, 0.717) is 6.61 Å². The smallest absolute Gasteiger partial charge is 0.407 e. The van der Waals surface area contributed by atoms with Crippen molar-refractivity contribution < 1.29 is 27.4 Å². The number of hydrogen-bond donors (Lipinski definition) is 2. The minimum atomic E-state index is -1.92. The molecule has 0 saturated carbocycles. The molecule has 1 fully saturated rings. The van der Waals surface area contributed by atoms with Gasteiger partial charge in [-0.05, 0) is 13.8 Å². The van der Waals surface area contributed by atoms with E-state index in [9.17, 15) is 9.00 Å². The zero-order chi connectivity index (χ0) is 15.2. The highest BCUT2D eigenvalue weighted by atomic mass is 32.2. The van der Waals surface area contributed by atoms with Crippen LogP contribution in [-0.4, -0.2) is 54.1 Å². The van der Waals surface area contributed by atoms with Crippen LogP contribution in [0.5, 0.6) is 0 Å². The minimum absolute atomic E-state index is 0.0795. The van der Waals surface area contributed by atoms with Crippen molar-refractivity contribution in [2.24, 2.45) is 4.40 Å². The summed E-state index contributed by atoms with van der Waals surface area (Å²) in [5.74, 6) is -0.658. The van der Waals surface area contributed by atoms with Crippen LogP contribution in [0.1, 0.15) is 13.8 Å². The maximum atomic E-state index is 11.5. The van der Waals surface area contributed by atoms with Crippen molar-refractivity contribution in [1.29, 1.82) is 0 Å². The summed E-state index contributed by atoms with van der Waals surface area (Å²) in [7, 11) is 1.42. The Morgan fingerprint density at radius 2 is 2.30 bits per heavy atom. The van der Waals surface area contributed by atoms with Crippen LogP contribution in [-0.2, 0) is 29.7 Å². The Labute approximate surface area is 125 Å². The molecule has 20 heavy (non-hydrogen) atoms. The molecule has 0 aromatic carbocycles. The van der Waals surface area contributed by atoms with Crippen molar-refractivity contribution in [3.8, 4) is 0 Å². The zero-order valence-electron chi connectivity index (χ0n) is 11.5. The summed E-state index contributed by atoms with van der Waals surface area (Å²) in [6, 6.07) is 0. The first-order valence-corrected chi connectivity index (χ1v) is 7.28. The molecule has 1 aliphatic rings. The van der Waals surface area contributed by atoms with Gasteiger partial charge in [-0.15, -0.1) is 12.6 Å². The second-order valence-corrected chi connectivity index (χ2v) is 5.65. The maximum Gasteiger partial charge on any atom is 0.407 e. The van der Waals surface area contributed by atoms with E-state index < -0.39 is 23.1 Å². The molecule has 1 saturated heterocycles. The van der Waals surface area contributed by atoms with Gasteiger partial charge in [0.1, 0.15) is 17.8 Å². The molecule has 0 aliphatic carbocycles. The average molecular weight is 326 g/mol. The molecule has 0 spiro atoms. The molecule has 1 N–H and O–H groups in total. The number of rotatable bonds is 6. The maximum absolute atomic E-state index is 11.5. The van der Waals surface area contributed by atoms with Gasteiger partial charge < -0.3 is 19.5 Å². The van der Waals surface area contributed by atoms with Crippen LogP contribution in [0.3, 0.4) is 0 Å². The fourth-order valence-electron chi connectivity index (χ4n) is 1.32. The first-order chi connectivity index (χ1) is 9.32. The predicted octanol–water partition coefficient (Wildman–Crippen LogP) is 0.417. The van der Waals surface area contributed by atoms with E-state index >= 15 is 0 Å². The topological polar surface area (TPSA) is 95.5 Å². The van der Waals surface area contributed by atoms with Crippen molar-refractivity contribution in [2.75, 3.05) is 26.9 Å². The second-order valence-electron chi connectivity index (χ2n) is 4.29. The van der Waals surface area contributed by atoms with E-state index in [1.165, 1.54) is 7.05 Å². The number of ether oxygens (including phenoxy) is 3. The molecular formula is C10H18N2O6S2. The molecule has 1 rings (SSSR count). The van der Waals surface area contributed by atoms with E-state index in [0.717, 1.165) is 0 Å². The average Bonchev–Trinajstić information content (AvgIpc) is 2.73. The lowest BCUT2D eigenvalue weighted by atomic mass is 10.4. The van der Waals surface area contributed by atoms with Gasteiger partial charge in [0.25, 0.3) is 11.3 Å². The van der Waals surface area contributed by atoms with E-state index in [1.54, 1.807) is 13.8 Å². The lowest BCUT2D eigenvalue weighted by Gasteiger charge is -2.16. The van der Waals surface area contributed by atoms with Crippen LogP contribution in [0, 0.1) is 0 Å². The summed E-state index contributed by atoms with van der Waals surface area (Å²) in [5, 5.41) is 2.34. The van der Waals surface area contributed by atoms with E-state index in [-0.39, 0.29) is 24.4 Å². The molecule has 0 bridgehead atoms. The monoisotopic (exact) mass is 326 g/mol. The first-order valence-electron chi connectivity index (χ1n) is 5.80. The van der Waals surface area contributed by atoms with Crippen LogP contribution in [0.4, 0.5) is 4.79 Å². The first kappa shape index (κ1) is 17.4. The minimum Gasteiger partial charge on any atom is -0.442 e. The normalized spacial score (nSPS) is 23.4. The number of hydrogen-bond acceptors (Lipinski definition) is 6. The third-order valence-electron chi connectivity index (χ3n) is 2.14. The molecule has 2 unspecified atom stereocenters. The Bertz CT molecular complexity index is 401. The number of carbonyl (C=O) groups excluding carboxylic acids is 1. The molecule has 1 amide bonds. The van der Waals surface area contributed by atoms with Gasteiger partial charge in [-0.2, -0.15) is 4.40 Å². The number of carbonyl (C=O) groups is 1. The van der Waals surface area contributed by atoms with Crippen molar-refractivity contribution in [3.63, 3.8) is 0 Å². The Kier molecular flexibility index (Phi) is 6.89. The van der Waals surface area contributed by atoms with Gasteiger partial charge in [-0.3, -0.25) is 4.18 Å². The molecule has 10 heteroatoms. The van der Waals surface area contributed by atoms with Crippen LogP contribution >= 0.6 is 12.6 Å². The summed E-state index contributed by atoms with van der Waals surface area (Å²) in [5.41, 5.74) is 0. The number of amides is 1. The zero-order valence-corrected chi connectivity index (χ0v) is 13.2. The van der Waals surface area contributed by atoms with Gasteiger partial charge in [-0.1, -0.05) is 0 Å². The molecule has 0 radical (unpaired) electrons. The summed E-state index contributed by atoms with van der Waals surface area (Å²) in [4.78, 5) is 10.8. The van der Waals surface area contributed by atoms with Gasteiger partial charge in [0.2, 0.25) is 0 Å². The SMILES string of the molecule is CNC(=O)OCC(S)=NS(=O)OCC1COC(C)(C)O1. The van der Waals surface area contributed by atoms with Gasteiger partial charge in [0.05, 0.1) is 13.2 Å². The van der Waals surface area contributed by atoms with Crippen molar-refractivity contribution in [1.82, 2.24) is 5.32 Å². The predicted molar refractivity (Wildman–Crippen MR) is 75.8 cm³/mol. The lowest BCUT2D eigenvalue weighted by molar-refractivity contribution is -0.141. The Hall–Kier alpha value is -0.680. The molecule has 1 aliphatic heterocycles. The standard InChI is InChI=1S/C10H18N2O6S2/c1-10(2)16-4-7(18-10)5-17-20(14)12-8(19)6-15-9(13)11-3/h7H,4-6H2,1-3H3,(H,11,13)(H,12,19). The van der Waals surface area contributed by atoms with Gasteiger partial charge in [0.15, 0.2) is 5.79 Å². The second kappa shape index (κ2) is 7.93. The number of thiol groups is 1. The summed E-state index contributed by atoms with van der Waals surface area (Å²) >= 11 is 2.01. The molecule has 0 aromatic heterocycles. The van der Waals surface area contributed by atoms with Gasteiger partial charge in [0, 0.05) is 7.05 Å². The quantitative estimate of drug-likeness (QED) is 0.417. The Morgan fingerprint density at radius 1 is 1.60 bits per heavy atom. The van der Waals surface area contributed by atoms with Crippen molar-refractivity contribution in [2.45, 2.75) is 25.7 Å². The van der Waals surface area contributed by atoms with E-state index in [1.807, 2.05) is 0 Å². The third-order valence-corrected chi connectivity index (χ3v) is 3.21. The van der Waals surface area contributed by atoms with E-state index in [2.05, 4.69) is 27.1 Å². The Morgan fingerprint density at radius 3 is 2.85 bits per heavy atom. The highest BCUT2D eigenvalue weighted by Crippen LogP contribution is 2.22. The van der Waals surface area contributed by atoms with Crippen molar-refractivity contribution >= 4 is 35.0 Å². The molecule has 116 valence electrons. The Balaban J connectivity index is 2.27. The summed E-state index contributed by atoms with van der Waals surface area (Å²) < 4.78 is 35.6. The molecule has 8 nitrogen and oxygen atoms in total. The third kappa shape index (κ3) is 6.66. The van der Waals surface area contributed by atoms with Gasteiger partial charge >= 0.3 is 6.09 Å². The largest absolute Gasteiger partial charge is 0.442 e. The molecule has 0 aromatic rings. The fourth-order valence-corrected chi connectivity index (χ4v) is 2.13. The van der Waals surface area contributed by atoms with Gasteiger partial charge in [-0.25, -0.2) is 9.00 Å². The number of nitrogens with zero attached hydrogens (tertiary/aromatic N) is 1. The summed E-state index contributed by atoms with van der Waals surface area (Å²) in [6.45, 7) is 3.82. The van der Waals surface area contributed by atoms with E-state index in [4.69, 9.17) is 13.7 Å².